The van der Waals surface area contributed by atoms with Crippen LogP contribution in [0.4, 0.5) is 0 Å². The zero-order valence-corrected chi connectivity index (χ0v) is 25.9. The van der Waals surface area contributed by atoms with Crippen molar-refractivity contribution in [2.24, 2.45) is 4.99 Å². The van der Waals surface area contributed by atoms with Crippen molar-refractivity contribution >= 4 is 35.1 Å². The van der Waals surface area contributed by atoms with E-state index in [1.807, 2.05) is 26.0 Å². The molecule has 0 unspecified atom stereocenters. The minimum Gasteiger partial charge on any atom is -0.497 e. The first-order valence-electron chi connectivity index (χ1n) is 13.1. The highest BCUT2D eigenvalue weighted by molar-refractivity contribution is 7.99. The quantitative estimate of drug-likeness (QED) is 0.213. The number of methoxy groups -OCH3 is 2. The smallest absolute Gasteiger partial charge is 0.338 e. The molecule has 0 radical (unpaired) electrons. The molecule has 1 atom stereocenters. The zero-order valence-electron chi connectivity index (χ0n) is 24.3. The summed E-state index contributed by atoms with van der Waals surface area (Å²) < 4.78 is 24.6. The largest absolute Gasteiger partial charge is 0.497 e. The number of benzene rings is 1. The van der Waals surface area contributed by atoms with Crippen LogP contribution < -0.4 is 24.4 Å². The predicted molar refractivity (Wildman–Crippen MR) is 159 cm³/mol. The number of allylic oxidation sites excluding steroid dienone is 1. The summed E-state index contributed by atoms with van der Waals surface area (Å²) in [6.45, 7) is 9.10. The summed E-state index contributed by atoms with van der Waals surface area (Å²) in [5.74, 6) is 0.961. The number of rotatable bonds is 8. The normalized spacial score (nSPS) is 15.0. The van der Waals surface area contributed by atoms with Crippen LogP contribution >= 0.6 is 23.1 Å². The van der Waals surface area contributed by atoms with E-state index in [9.17, 15) is 9.59 Å². The molecule has 4 aromatic rings. The Morgan fingerprint density at radius 1 is 1.07 bits per heavy atom. The Morgan fingerprint density at radius 2 is 1.81 bits per heavy atom. The monoisotopic (exact) mass is 606 g/mol. The van der Waals surface area contributed by atoms with Gasteiger partial charge in [-0.25, -0.2) is 19.8 Å². The summed E-state index contributed by atoms with van der Waals surface area (Å²) in [6.07, 6.45) is 1.30. The highest BCUT2D eigenvalue weighted by atomic mass is 32.2. The number of ether oxygens (including phenoxy) is 3. The lowest BCUT2D eigenvalue weighted by Gasteiger charge is -2.26. The SMILES string of the molecule is COc1ccc(OC)c([C@@H]2C(C(=O)OC(C)C)=C(C)N=c3s/c(=C\c4ccc(Sc5nc(C)cc(C)n5)o4)c(=O)n32)c1. The Morgan fingerprint density at radius 3 is 2.48 bits per heavy atom. The van der Waals surface area contributed by atoms with Gasteiger partial charge in [0.1, 0.15) is 23.3 Å². The molecule has 0 fully saturated rings. The number of hydrogen-bond acceptors (Lipinski definition) is 11. The first-order valence-corrected chi connectivity index (χ1v) is 14.8. The van der Waals surface area contributed by atoms with Crippen LogP contribution in [-0.2, 0) is 9.53 Å². The van der Waals surface area contributed by atoms with Crippen LogP contribution in [0.2, 0.25) is 0 Å². The molecule has 12 heteroatoms. The van der Waals surface area contributed by atoms with Gasteiger partial charge in [0.25, 0.3) is 5.56 Å². The number of aromatic nitrogens is 3. The first kappa shape index (κ1) is 29.3. The molecule has 10 nitrogen and oxygen atoms in total. The molecule has 4 heterocycles. The number of nitrogens with zero attached hydrogens (tertiary/aromatic N) is 4. The molecule has 5 rings (SSSR count). The Balaban J connectivity index is 1.62. The highest BCUT2D eigenvalue weighted by Crippen LogP contribution is 2.38. The van der Waals surface area contributed by atoms with Crippen molar-refractivity contribution < 1.29 is 23.4 Å². The standard InChI is InChI=1S/C30H30N4O6S2/c1-15(2)39-28(36)25-18(5)33-30-34(26(25)21-13-19(37-6)8-10-22(21)38-7)27(35)23(41-30)14-20-9-11-24(40-20)42-29-31-16(3)12-17(4)32-29/h8-15,26H,1-7H3/b23-14-/t26-/m1/s1. The summed E-state index contributed by atoms with van der Waals surface area (Å²) in [7, 11) is 3.08. The van der Waals surface area contributed by atoms with Crippen LogP contribution in [0.5, 0.6) is 11.5 Å². The maximum Gasteiger partial charge on any atom is 0.338 e. The number of furan rings is 1. The van der Waals surface area contributed by atoms with Gasteiger partial charge in [0.2, 0.25) is 0 Å². The third-order valence-electron chi connectivity index (χ3n) is 6.34. The Labute approximate surface area is 250 Å². The highest BCUT2D eigenvalue weighted by Gasteiger charge is 2.35. The van der Waals surface area contributed by atoms with E-state index in [0.717, 1.165) is 11.4 Å². The number of esters is 1. The van der Waals surface area contributed by atoms with Gasteiger partial charge in [0, 0.05) is 23.0 Å². The molecular formula is C30H30N4O6S2. The van der Waals surface area contributed by atoms with Crippen molar-refractivity contribution in [1.82, 2.24) is 14.5 Å². The van der Waals surface area contributed by atoms with E-state index in [4.69, 9.17) is 18.6 Å². The van der Waals surface area contributed by atoms with Gasteiger partial charge in [-0.2, -0.15) is 0 Å². The molecule has 0 saturated carbocycles. The van der Waals surface area contributed by atoms with Crippen molar-refractivity contribution in [2.45, 2.75) is 57.0 Å². The molecule has 0 aliphatic carbocycles. The van der Waals surface area contributed by atoms with E-state index < -0.39 is 12.0 Å². The molecule has 0 bridgehead atoms. The molecule has 0 N–H and O–H groups in total. The summed E-state index contributed by atoms with van der Waals surface area (Å²) >= 11 is 2.51. The van der Waals surface area contributed by atoms with Crippen LogP contribution in [0.3, 0.4) is 0 Å². The van der Waals surface area contributed by atoms with Crippen LogP contribution in [0.15, 0.2) is 72.1 Å². The Kier molecular flexibility index (Phi) is 8.37. The van der Waals surface area contributed by atoms with Gasteiger partial charge in [-0.3, -0.25) is 9.36 Å². The average Bonchev–Trinajstić information content (AvgIpc) is 3.49. The Hall–Kier alpha value is -4.16. The fourth-order valence-electron chi connectivity index (χ4n) is 4.63. The van der Waals surface area contributed by atoms with Crippen molar-refractivity contribution in [3.8, 4) is 11.5 Å². The maximum absolute atomic E-state index is 14.0. The van der Waals surface area contributed by atoms with Gasteiger partial charge >= 0.3 is 5.97 Å². The van der Waals surface area contributed by atoms with Gasteiger partial charge in [-0.1, -0.05) is 11.3 Å². The van der Waals surface area contributed by atoms with Crippen molar-refractivity contribution in [3.63, 3.8) is 0 Å². The number of carbonyl (C=O) groups excluding carboxylic acids is 1. The predicted octanol–water partition coefficient (Wildman–Crippen LogP) is 4.36. The first-order chi connectivity index (χ1) is 20.1. The lowest BCUT2D eigenvalue weighted by molar-refractivity contribution is -0.143. The van der Waals surface area contributed by atoms with E-state index >= 15 is 0 Å². The summed E-state index contributed by atoms with van der Waals surface area (Å²) in [5, 5.41) is 1.17. The fourth-order valence-corrected chi connectivity index (χ4v) is 6.49. The van der Waals surface area contributed by atoms with Gasteiger partial charge in [0.15, 0.2) is 15.1 Å². The number of thiazole rings is 1. The lowest BCUT2D eigenvalue weighted by Crippen LogP contribution is -2.40. The van der Waals surface area contributed by atoms with Gasteiger partial charge < -0.3 is 18.6 Å². The second-order valence-electron chi connectivity index (χ2n) is 9.84. The van der Waals surface area contributed by atoms with E-state index in [2.05, 4.69) is 15.0 Å². The van der Waals surface area contributed by atoms with Crippen LogP contribution in [0.25, 0.3) is 6.08 Å². The van der Waals surface area contributed by atoms with Crippen molar-refractivity contribution in [2.75, 3.05) is 14.2 Å². The topological polar surface area (TPSA) is 118 Å². The van der Waals surface area contributed by atoms with Crippen LogP contribution in [0, 0.1) is 13.8 Å². The molecule has 1 aromatic carbocycles. The van der Waals surface area contributed by atoms with Gasteiger partial charge in [-0.05, 0) is 82.8 Å². The van der Waals surface area contributed by atoms with Crippen LogP contribution in [0.1, 0.15) is 49.5 Å². The molecule has 1 aliphatic rings. The average molecular weight is 607 g/mol. The Bertz CT molecular complexity index is 1870. The number of aryl methyl sites for hydroxylation is 2. The molecule has 0 saturated heterocycles. The van der Waals surface area contributed by atoms with E-state index in [-0.39, 0.29) is 17.2 Å². The summed E-state index contributed by atoms with van der Waals surface area (Å²) in [6, 6.07) is 9.89. The van der Waals surface area contributed by atoms with Crippen molar-refractivity contribution in [3.05, 3.63) is 90.1 Å². The fraction of sp³-hybridized carbons (Fsp3) is 0.300. The van der Waals surface area contributed by atoms with Gasteiger partial charge in [0.05, 0.1) is 36.1 Å². The van der Waals surface area contributed by atoms with Crippen LogP contribution in [-0.4, -0.2) is 40.8 Å². The molecule has 1 aliphatic heterocycles. The second kappa shape index (κ2) is 12.0. The lowest BCUT2D eigenvalue weighted by atomic mass is 9.94. The summed E-state index contributed by atoms with van der Waals surface area (Å²) in [5.41, 5.74) is 2.67. The van der Waals surface area contributed by atoms with Crippen molar-refractivity contribution in [1.29, 1.82) is 0 Å². The van der Waals surface area contributed by atoms with E-state index in [1.54, 1.807) is 58.2 Å². The van der Waals surface area contributed by atoms with E-state index in [0.29, 0.717) is 48.1 Å². The molecule has 0 amide bonds. The van der Waals surface area contributed by atoms with Gasteiger partial charge in [-0.15, -0.1) is 0 Å². The second-order valence-corrected chi connectivity index (χ2v) is 11.8. The number of fused-ring (bicyclic) bond motifs is 1. The minimum atomic E-state index is -0.857. The maximum atomic E-state index is 14.0. The molecular weight excluding hydrogens is 576 g/mol. The number of hydrogen-bond donors (Lipinski definition) is 0. The minimum absolute atomic E-state index is 0.249. The third-order valence-corrected chi connectivity index (χ3v) is 8.11. The molecule has 42 heavy (non-hydrogen) atoms. The molecule has 3 aromatic heterocycles. The van der Waals surface area contributed by atoms with E-state index in [1.165, 1.54) is 34.8 Å². The third kappa shape index (κ3) is 5.90. The summed E-state index contributed by atoms with van der Waals surface area (Å²) in [4.78, 5) is 41.4. The zero-order chi connectivity index (χ0) is 30.1. The molecule has 218 valence electrons. The number of carbonyl (C=O) groups is 1. The molecule has 0 spiro atoms.